The molecular formula is C13H15N3O. The topological polar surface area (TPSA) is 46.9 Å². The van der Waals surface area contributed by atoms with E-state index in [4.69, 9.17) is 0 Å². The number of carbonyl (C=O) groups excluding carboxylic acids is 1. The Bertz CT molecular complexity index is 497. The van der Waals surface area contributed by atoms with Gasteiger partial charge in [0, 0.05) is 18.1 Å². The van der Waals surface area contributed by atoms with Crippen molar-refractivity contribution in [2.24, 2.45) is 0 Å². The monoisotopic (exact) mass is 229 g/mol. The number of benzene rings is 1. The van der Waals surface area contributed by atoms with Gasteiger partial charge in [-0.3, -0.25) is 4.79 Å². The molecule has 1 aromatic carbocycles. The van der Waals surface area contributed by atoms with Crippen LogP contribution in [0.2, 0.25) is 0 Å². The highest BCUT2D eigenvalue weighted by atomic mass is 16.1. The molecule has 0 atom stereocenters. The van der Waals surface area contributed by atoms with Gasteiger partial charge in [0.25, 0.3) is 0 Å². The number of hydrogen-bond acceptors (Lipinski definition) is 2. The van der Waals surface area contributed by atoms with E-state index in [0.717, 1.165) is 16.8 Å². The number of anilines is 1. The molecule has 0 aliphatic heterocycles. The molecule has 0 radical (unpaired) electrons. The van der Waals surface area contributed by atoms with Crippen LogP contribution < -0.4 is 5.32 Å². The fraction of sp³-hybridized carbons (Fsp3) is 0.231. The van der Waals surface area contributed by atoms with Crippen LogP contribution in [0, 0.1) is 13.8 Å². The van der Waals surface area contributed by atoms with Gasteiger partial charge in [0.2, 0.25) is 5.91 Å². The molecule has 88 valence electrons. The average Bonchev–Trinajstić information content (AvgIpc) is 2.67. The summed E-state index contributed by atoms with van der Waals surface area (Å²) in [5.41, 5.74) is 3.12. The van der Waals surface area contributed by atoms with Crippen molar-refractivity contribution in [2.75, 3.05) is 5.32 Å². The zero-order chi connectivity index (χ0) is 12.3. The Labute approximate surface area is 100 Å². The summed E-state index contributed by atoms with van der Waals surface area (Å²) in [5, 5.41) is 2.87. The lowest BCUT2D eigenvalue weighted by Crippen LogP contribution is -2.17. The lowest BCUT2D eigenvalue weighted by Gasteiger charge is -2.07. The Hall–Kier alpha value is -2.10. The predicted octanol–water partition coefficient (Wildman–Crippen LogP) is 2.14. The SMILES string of the molecule is Cc1cc(C)cc(NC(=O)Cn2ccnc2)c1. The second kappa shape index (κ2) is 4.82. The molecule has 0 bridgehead atoms. The van der Waals surface area contributed by atoms with Crippen molar-refractivity contribution in [3.63, 3.8) is 0 Å². The van der Waals surface area contributed by atoms with Gasteiger partial charge < -0.3 is 9.88 Å². The quantitative estimate of drug-likeness (QED) is 0.876. The van der Waals surface area contributed by atoms with Crippen LogP contribution in [0.15, 0.2) is 36.9 Å². The molecule has 0 aliphatic carbocycles. The van der Waals surface area contributed by atoms with E-state index >= 15 is 0 Å². The van der Waals surface area contributed by atoms with Crippen molar-refractivity contribution in [1.29, 1.82) is 0 Å². The first-order valence-electron chi connectivity index (χ1n) is 5.47. The number of nitrogens with one attached hydrogen (secondary N) is 1. The van der Waals surface area contributed by atoms with Gasteiger partial charge in [0.05, 0.1) is 6.33 Å². The van der Waals surface area contributed by atoms with Gasteiger partial charge in [0.15, 0.2) is 0 Å². The summed E-state index contributed by atoms with van der Waals surface area (Å²) in [7, 11) is 0. The third kappa shape index (κ3) is 3.17. The highest BCUT2D eigenvalue weighted by Crippen LogP contribution is 2.13. The summed E-state index contributed by atoms with van der Waals surface area (Å²) >= 11 is 0. The van der Waals surface area contributed by atoms with Crippen LogP contribution in [-0.2, 0) is 11.3 Å². The standard InChI is InChI=1S/C13H15N3O/c1-10-5-11(2)7-12(6-10)15-13(17)8-16-4-3-14-9-16/h3-7,9H,8H2,1-2H3,(H,15,17). The molecule has 0 unspecified atom stereocenters. The molecule has 0 spiro atoms. The minimum absolute atomic E-state index is 0.0481. The molecule has 0 saturated heterocycles. The second-order valence-corrected chi connectivity index (χ2v) is 4.16. The zero-order valence-corrected chi connectivity index (χ0v) is 9.97. The second-order valence-electron chi connectivity index (χ2n) is 4.16. The van der Waals surface area contributed by atoms with Crippen LogP contribution in [0.5, 0.6) is 0 Å². The van der Waals surface area contributed by atoms with E-state index in [-0.39, 0.29) is 12.5 Å². The van der Waals surface area contributed by atoms with E-state index in [0.29, 0.717) is 0 Å². The molecule has 2 rings (SSSR count). The Kier molecular flexibility index (Phi) is 3.23. The highest BCUT2D eigenvalue weighted by molar-refractivity contribution is 5.90. The van der Waals surface area contributed by atoms with Gasteiger partial charge >= 0.3 is 0 Å². The molecule has 2 aromatic rings. The summed E-state index contributed by atoms with van der Waals surface area (Å²) in [6, 6.07) is 5.99. The number of hydrogen-bond donors (Lipinski definition) is 1. The molecule has 17 heavy (non-hydrogen) atoms. The summed E-state index contributed by atoms with van der Waals surface area (Å²) in [4.78, 5) is 15.6. The van der Waals surface area contributed by atoms with Gasteiger partial charge in [-0.25, -0.2) is 4.98 Å². The van der Waals surface area contributed by atoms with E-state index in [9.17, 15) is 4.79 Å². The maximum atomic E-state index is 11.7. The van der Waals surface area contributed by atoms with E-state index in [1.807, 2.05) is 26.0 Å². The molecule has 1 amide bonds. The smallest absolute Gasteiger partial charge is 0.244 e. The molecular weight excluding hydrogens is 214 g/mol. The Morgan fingerprint density at radius 1 is 1.29 bits per heavy atom. The average molecular weight is 229 g/mol. The van der Waals surface area contributed by atoms with Gasteiger partial charge in [-0.05, 0) is 37.1 Å². The number of imidazole rings is 1. The van der Waals surface area contributed by atoms with Gasteiger partial charge in [0.1, 0.15) is 6.54 Å². The first-order valence-corrected chi connectivity index (χ1v) is 5.47. The fourth-order valence-corrected chi connectivity index (χ4v) is 1.79. The normalized spacial score (nSPS) is 10.2. The van der Waals surface area contributed by atoms with Crippen LogP contribution >= 0.6 is 0 Å². The minimum Gasteiger partial charge on any atom is -0.328 e. The molecule has 0 aliphatic rings. The summed E-state index contributed by atoms with van der Waals surface area (Å²) in [6.45, 7) is 4.31. The van der Waals surface area contributed by atoms with Crippen molar-refractivity contribution >= 4 is 11.6 Å². The zero-order valence-electron chi connectivity index (χ0n) is 9.97. The van der Waals surface area contributed by atoms with Gasteiger partial charge in [-0.15, -0.1) is 0 Å². The Morgan fingerprint density at radius 2 is 2.00 bits per heavy atom. The van der Waals surface area contributed by atoms with E-state index in [1.54, 1.807) is 23.3 Å². The predicted molar refractivity (Wildman–Crippen MR) is 66.8 cm³/mol. The van der Waals surface area contributed by atoms with Crippen molar-refractivity contribution in [3.05, 3.63) is 48.0 Å². The minimum atomic E-state index is -0.0481. The summed E-state index contributed by atoms with van der Waals surface area (Å²) in [5.74, 6) is -0.0481. The first kappa shape index (κ1) is 11.4. The van der Waals surface area contributed by atoms with Crippen molar-refractivity contribution < 1.29 is 4.79 Å². The van der Waals surface area contributed by atoms with Gasteiger partial charge in [-0.2, -0.15) is 0 Å². The fourth-order valence-electron chi connectivity index (χ4n) is 1.79. The van der Waals surface area contributed by atoms with Crippen molar-refractivity contribution in [3.8, 4) is 0 Å². The molecule has 0 saturated carbocycles. The summed E-state index contributed by atoms with van der Waals surface area (Å²) in [6.07, 6.45) is 5.05. The Morgan fingerprint density at radius 3 is 2.59 bits per heavy atom. The number of amides is 1. The Balaban J connectivity index is 2.03. The van der Waals surface area contributed by atoms with E-state index in [1.165, 1.54) is 0 Å². The lowest BCUT2D eigenvalue weighted by atomic mass is 10.1. The highest BCUT2D eigenvalue weighted by Gasteiger charge is 2.03. The van der Waals surface area contributed by atoms with Gasteiger partial charge in [-0.1, -0.05) is 6.07 Å². The van der Waals surface area contributed by atoms with Crippen LogP contribution in [0.4, 0.5) is 5.69 Å². The molecule has 4 heteroatoms. The van der Waals surface area contributed by atoms with Crippen molar-refractivity contribution in [2.45, 2.75) is 20.4 Å². The molecule has 1 heterocycles. The van der Waals surface area contributed by atoms with Crippen LogP contribution in [0.25, 0.3) is 0 Å². The number of aromatic nitrogens is 2. The van der Waals surface area contributed by atoms with Crippen LogP contribution in [0.1, 0.15) is 11.1 Å². The number of rotatable bonds is 3. The van der Waals surface area contributed by atoms with Crippen LogP contribution in [-0.4, -0.2) is 15.5 Å². The number of nitrogens with zero attached hydrogens (tertiary/aromatic N) is 2. The largest absolute Gasteiger partial charge is 0.328 e. The number of carbonyl (C=O) groups is 1. The molecule has 4 nitrogen and oxygen atoms in total. The first-order chi connectivity index (χ1) is 8.13. The molecule has 1 aromatic heterocycles. The van der Waals surface area contributed by atoms with Crippen LogP contribution in [0.3, 0.4) is 0 Å². The lowest BCUT2D eigenvalue weighted by molar-refractivity contribution is -0.116. The van der Waals surface area contributed by atoms with Crippen molar-refractivity contribution in [1.82, 2.24) is 9.55 Å². The maximum Gasteiger partial charge on any atom is 0.244 e. The third-order valence-corrected chi connectivity index (χ3v) is 2.39. The molecule has 0 fully saturated rings. The van der Waals surface area contributed by atoms with E-state index in [2.05, 4.69) is 16.4 Å². The number of aryl methyl sites for hydroxylation is 2. The van der Waals surface area contributed by atoms with E-state index < -0.39 is 0 Å². The molecule has 1 N–H and O–H groups in total. The third-order valence-electron chi connectivity index (χ3n) is 2.39. The maximum absolute atomic E-state index is 11.7. The summed E-state index contributed by atoms with van der Waals surface area (Å²) < 4.78 is 1.73.